The summed E-state index contributed by atoms with van der Waals surface area (Å²) < 4.78 is 30.1. The monoisotopic (exact) mass is 373 g/mol. The van der Waals surface area contributed by atoms with E-state index in [2.05, 4.69) is 15.2 Å². The standard InChI is InChI=1S/C19H17F2N3O3/c1-12(13-6-4-7-15(9-13)27-19(20)21)23-17(25)11-24-18(26)16-8-3-2-5-14(16)10-22-24/h2-10,12,19H,11H2,1H3,(H,23,25). The van der Waals surface area contributed by atoms with Crippen molar-refractivity contribution in [3.63, 3.8) is 0 Å². The number of rotatable bonds is 6. The molecule has 0 aliphatic heterocycles. The molecule has 0 saturated carbocycles. The molecule has 0 fully saturated rings. The first-order chi connectivity index (χ1) is 12.9. The molecule has 1 N–H and O–H groups in total. The molecule has 0 aliphatic rings. The minimum Gasteiger partial charge on any atom is -0.435 e. The molecule has 2 aromatic carbocycles. The van der Waals surface area contributed by atoms with Crippen LogP contribution in [-0.2, 0) is 11.3 Å². The maximum Gasteiger partial charge on any atom is 0.387 e. The lowest BCUT2D eigenvalue weighted by atomic mass is 10.1. The van der Waals surface area contributed by atoms with E-state index in [1.807, 2.05) is 0 Å². The van der Waals surface area contributed by atoms with Gasteiger partial charge in [0.2, 0.25) is 5.91 Å². The highest BCUT2D eigenvalue weighted by Crippen LogP contribution is 2.20. The predicted molar refractivity (Wildman–Crippen MR) is 95.6 cm³/mol. The van der Waals surface area contributed by atoms with Crippen molar-refractivity contribution in [2.75, 3.05) is 0 Å². The van der Waals surface area contributed by atoms with E-state index in [0.717, 1.165) is 4.68 Å². The Morgan fingerprint density at radius 3 is 2.78 bits per heavy atom. The number of nitrogens with zero attached hydrogens (tertiary/aromatic N) is 2. The van der Waals surface area contributed by atoms with Gasteiger partial charge in [0, 0.05) is 5.39 Å². The number of carbonyl (C=O) groups is 1. The third-order valence-electron chi connectivity index (χ3n) is 4.02. The molecule has 27 heavy (non-hydrogen) atoms. The highest BCUT2D eigenvalue weighted by molar-refractivity contribution is 5.81. The van der Waals surface area contributed by atoms with E-state index in [-0.39, 0.29) is 17.9 Å². The fourth-order valence-electron chi connectivity index (χ4n) is 2.71. The molecule has 0 saturated heterocycles. The van der Waals surface area contributed by atoms with Gasteiger partial charge in [-0.15, -0.1) is 0 Å². The van der Waals surface area contributed by atoms with Gasteiger partial charge in [0.1, 0.15) is 12.3 Å². The molecular formula is C19H17F2N3O3. The van der Waals surface area contributed by atoms with Crippen LogP contribution in [0.1, 0.15) is 18.5 Å². The summed E-state index contributed by atoms with van der Waals surface area (Å²) in [6.45, 7) is -1.46. The summed E-state index contributed by atoms with van der Waals surface area (Å²) >= 11 is 0. The molecule has 1 amide bonds. The van der Waals surface area contributed by atoms with Crippen LogP contribution in [0, 0.1) is 0 Å². The second-order valence-corrected chi connectivity index (χ2v) is 5.93. The molecule has 1 heterocycles. The van der Waals surface area contributed by atoms with E-state index in [0.29, 0.717) is 16.3 Å². The van der Waals surface area contributed by atoms with Gasteiger partial charge in [-0.25, -0.2) is 4.68 Å². The first kappa shape index (κ1) is 18.5. The molecule has 0 bridgehead atoms. The van der Waals surface area contributed by atoms with Crippen LogP contribution in [0.5, 0.6) is 5.75 Å². The minimum absolute atomic E-state index is 0.0102. The van der Waals surface area contributed by atoms with E-state index in [4.69, 9.17) is 0 Å². The Balaban J connectivity index is 1.71. The molecule has 0 radical (unpaired) electrons. The van der Waals surface area contributed by atoms with Crippen LogP contribution in [0.2, 0.25) is 0 Å². The van der Waals surface area contributed by atoms with Crippen molar-refractivity contribution >= 4 is 16.7 Å². The van der Waals surface area contributed by atoms with E-state index >= 15 is 0 Å². The van der Waals surface area contributed by atoms with Gasteiger partial charge < -0.3 is 10.1 Å². The molecule has 1 atom stereocenters. The summed E-state index contributed by atoms with van der Waals surface area (Å²) in [6, 6.07) is 12.6. The van der Waals surface area contributed by atoms with Crippen LogP contribution in [0.3, 0.4) is 0 Å². The zero-order valence-electron chi connectivity index (χ0n) is 14.4. The first-order valence-corrected chi connectivity index (χ1v) is 8.23. The summed E-state index contributed by atoms with van der Waals surface area (Å²) in [6.07, 6.45) is 1.53. The average Bonchev–Trinajstić information content (AvgIpc) is 2.64. The lowest BCUT2D eigenvalue weighted by Gasteiger charge is -2.16. The molecule has 3 aromatic rings. The Kier molecular flexibility index (Phi) is 5.44. The van der Waals surface area contributed by atoms with Crippen LogP contribution in [0.25, 0.3) is 10.8 Å². The van der Waals surface area contributed by atoms with Crippen molar-refractivity contribution in [2.24, 2.45) is 0 Å². The number of halogens is 2. The Hall–Kier alpha value is -3.29. The number of carbonyl (C=O) groups excluding carboxylic acids is 1. The average molecular weight is 373 g/mol. The molecule has 1 aromatic heterocycles. The molecule has 0 spiro atoms. The summed E-state index contributed by atoms with van der Waals surface area (Å²) in [5.41, 5.74) is 0.239. The van der Waals surface area contributed by atoms with E-state index < -0.39 is 18.6 Å². The molecule has 6 nitrogen and oxygen atoms in total. The van der Waals surface area contributed by atoms with Crippen LogP contribution >= 0.6 is 0 Å². The number of aromatic nitrogens is 2. The maximum atomic E-state index is 12.4. The van der Waals surface area contributed by atoms with Crippen molar-refractivity contribution < 1.29 is 18.3 Å². The Morgan fingerprint density at radius 1 is 1.22 bits per heavy atom. The minimum atomic E-state index is -2.92. The quantitative estimate of drug-likeness (QED) is 0.721. The number of amides is 1. The summed E-state index contributed by atoms with van der Waals surface area (Å²) in [5.74, 6) is -0.413. The predicted octanol–water partition coefficient (Wildman–Crippen LogP) is 2.88. The Labute approximate surface area is 153 Å². The number of benzene rings is 2. The van der Waals surface area contributed by atoms with Crippen molar-refractivity contribution in [1.82, 2.24) is 15.1 Å². The van der Waals surface area contributed by atoms with Gasteiger partial charge in [-0.1, -0.05) is 30.3 Å². The third kappa shape index (κ3) is 4.46. The molecule has 140 valence electrons. The summed E-state index contributed by atoms with van der Waals surface area (Å²) in [7, 11) is 0. The normalized spacial score (nSPS) is 12.1. The van der Waals surface area contributed by atoms with Crippen LogP contribution in [0.15, 0.2) is 59.5 Å². The van der Waals surface area contributed by atoms with E-state index in [1.165, 1.54) is 18.3 Å². The number of alkyl halides is 2. The lowest BCUT2D eigenvalue weighted by Crippen LogP contribution is -2.34. The first-order valence-electron chi connectivity index (χ1n) is 8.23. The Bertz CT molecular complexity index is 1020. The number of ether oxygens (including phenoxy) is 1. The van der Waals surface area contributed by atoms with Crippen LogP contribution in [0.4, 0.5) is 8.78 Å². The zero-order valence-corrected chi connectivity index (χ0v) is 14.4. The molecule has 1 unspecified atom stereocenters. The van der Waals surface area contributed by atoms with Gasteiger partial charge in [0.15, 0.2) is 0 Å². The summed E-state index contributed by atoms with van der Waals surface area (Å²) in [5, 5.41) is 7.91. The molecule has 8 heteroatoms. The van der Waals surface area contributed by atoms with Gasteiger partial charge in [-0.3, -0.25) is 9.59 Å². The fraction of sp³-hybridized carbons (Fsp3) is 0.211. The highest BCUT2D eigenvalue weighted by atomic mass is 19.3. The highest BCUT2D eigenvalue weighted by Gasteiger charge is 2.14. The van der Waals surface area contributed by atoms with Crippen molar-refractivity contribution in [3.05, 3.63) is 70.6 Å². The molecule has 3 rings (SSSR count). The van der Waals surface area contributed by atoms with Gasteiger partial charge in [0.05, 0.1) is 17.6 Å². The number of nitrogens with one attached hydrogen (secondary N) is 1. The number of hydrogen-bond acceptors (Lipinski definition) is 4. The van der Waals surface area contributed by atoms with Crippen LogP contribution < -0.4 is 15.6 Å². The van der Waals surface area contributed by atoms with Crippen molar-refractivity contribution in [1.29, 1.82) is 0 Å². The smallest absolute Gasteiger partial charge is 0.387 e. The van der Waals surface area contributed by atoms with Gasteiger partial charge >= 0.3 is 6.61 Å². The van der Waals surface area contributed by atoms with Gasteiger partial charge in [-0.2, -0.15) is 13.9 Å². The molecule has 0 aliphatic carbocycles. The topological polar surface area (TPSA) is 73.2 Å². The van der Waals surface area contributed by atoms with Gasteiger partial charge in [0.25, 0.3) is 5.56 Å². The lowest BCUT2D eigenvalue weighted by molar-refractivity contribution is -0.122. The fourth-order valence-corrected chi connectivity index (χ4v) is 2.71. The summed E-state index contributed by atoms with van der Waals surface area (Å²) in [4.78, 5) is 24.7. The van der Waals surface area contributed by atoms with Crippen LogP contribution in [-0.4, -0.2) is 22.3 Å². The number of hydrogen-bond donors (Lipinski definition) is 1. The third-order valence-corrected chi connectivity index (χ3v) is 4.02. The van der Waals surface area contributed by atoms with Crippen molar-refractivity contribution in [2.45, 2.75) is 26.1 Å². The maximum absolute atomic E-state index is 12.4. The Morgan fingerprint density at radius 2 is 2.00 bits per heavy atom. The second kappa shape index (κ2) is 7.94. The van der Waals surface area contributed by atoms with Crippen molar-refractivity contribution in [3.8, 4) is 5.75 Å². The largest absolute Gasteiger partial charge is 0.435 e. The van der Waals surface area contributed by atoms with E-state index in [1.54, 1.807) is 43.3 Å². The molecular weight excluding hydrogens is 356 g/mol. The van der Waals surface area contributed by atoms with E-state index in [9.17, 15) is 18.4 Å². The van der Waals surface area contributed by atoms with Gasteiger partial charge in [-0.05, 0) is 30.7 Å². The SMILES string of the molecule is CC(NC(=O)Cn1ncc2ccccc2c1=O)c1cccc(OC(F)F)c1. The zero-order chi connectivity index (χ0) is 19.4. The number of fused-ring (bicyclic) bond motifs is 1. The second-order valence-electron chi connectivity index (χ2n) is 5.93.